The van der Waals surface area contributed by atoms with Crippen LogP contribution in [0.5, 0.6) is 0 Å². The van der Waals surface area contributed by atoms with Crippen LogP contribution in [0.2, 0.25) is 0 Å². The number of hydrogen-bond donors (Lipinski definition) is 1. The van der Waals surface area contributed by atoms with Gasteiger partial charge in [-0.05, 0) is 6.92 Å². The Morgan fingerprint density at radius 1 is 1.50 bits per heavy atom. The molecule has 1 fully saturated rings. The zero-order chi connectivity index (χ0) is 11.1. The lowest BCUT2D eigenvalue weighted by Crippen LogP contribution is -2.38. The van der Waals surface area contributed by atoms with E-state index in [9.17, 15) is 18.4 Å². The molecule has 1 atom stereocenters. The highest BCUT2D eigenvalue weighted by Gasteiger charge is 2.73. The van der Waals surface area contributed by atoms with Gasteiger partial charge in [0.25, 0.3) is 5.92 Å². The Morgan fingerprint density at radius 2 is 1.93 bits per heavy atom. The van der Waals surface area contributed by atoms with Gasteiger partial charge in [0.1, 0.15) is 12.0 Å². The smallest absolute Gasteiger partial charge is 0.323 e. The minimum atomic E-state index is -2.99. The van der Waals surface area contributed by atoms with E-state index in [0.29, 0.717) is 0 Å². The minimum Gasteiger partial charge on any atom is -0.480 e. The molecule has 0 aliphatic heterocycles. The van der Waals surface area contributed by atoms with Crippen molar-refractivity contribution in [2.24, 2.45) is 5.41 Å². The molecule has 1 rings (SSSR count). The van der Waals surface area contributed by atoms with E-state index in [1.165, 1.54) is 7.05 Å². The number of carbonyl (C=O) groups excluding carboxylic acids is 1. The lowest BCUT2D eigenvalue weighted by Gasteiger charge is -2.19. The monoisotopic (exact) mass is 207 g/mol. The molecular formula is C8H11F2NO3. The third-order valence-corrected chi connectivity index (χ3v) is 2.45. The van der Waals surface area contributed by atoms with Crippen LogP contribution in [0.4, 0.5) is 8.78 Å². The molecule has 1 N–H and O–H groups in total. The van der Waals surface area contributed by atoms with Crippen LogP contribution in [0.3, 0.4) is 0 Å². The normalized spacial score (nSPS) is 28.3. The van der Waals surface area contributed by atoms with Gasteiger partial charge in [0, 0.05) is 13.5 Å². The molecule has 0 heterocycles. The summed E-state index contributed by atoms with van der Waals surface area (Å²) in [7, 11) is 1.20. The molecule has 14 heavy (non-hydrogen) atoms. The zero-order valence-electron chi connectivity index (χ0n) is 7.88. The molecule has 1 aliphatic rings. The molecular weight excluding hydrogens is 196 g/mol. The summed E-state index contributed by atoms with van der Waals surface area (Å²) in [5.41, 5.74) is -1.70. The predicted molar refractivity (Wildman–Crippen MR) is 42.9 cm³/mol. The van der Waals surface area contributed by atoms with Crippen LogP contribution in [0.1, 0.15) is 13.3 Å². The fourth-order valence-electron chi connectivity index (χ4n) is 1.33. The third-order valence-electron chi connectivity index (χ3n) is 2.45. The van der Waals surface area contributed by atoms with Crippen LogP contribution >= 0.6 is 0 Å². The lowest BCUT2D eigenvalue weighted by molar-refractivity contribution is -0.147. The molecule has 1 aliphatic carbocycles. The Labute approximate surface area is 79.5 Å². The number of nitrogens with zero attached hydrogens (tertiary/aromatic N) is 1. The number of likely N-dealkylation sites (N-methyl/N-ethyl adjacent to an activating group) is 1. The summed E-state index contributed by atoms with van der Waals surface area (Å²) in [4.78, 5) is 22.4. The second-order valence-corrected chi connectivity index (χ2v) is 3.77. The number of alkyl halides is 2. The van der Waals surface area contributed by atoms with Crippen LogP contribution < -0.4 is 0 Å². The molecule has 6 heteroatoms. The van der Waals surface area contributed by atoms with E-state index >= 15 is 0 Å². The summed E-state index contributed by atoms with van der Waals surface area (Å²) in [5, 5.41) is 8.37. The first kappa shape index (κ1) is 10.9. The van der Waals surface area contributed by atoms with Crippen LogP contribution in [0.15, 0.2) is 0 Å². The second kappa shape index (κ2) is 2.90. The molecule has 4 nitrogen and oxygen atoms in total. The van der Waals surface area contributed by atoms with Crippen molar-refractivity contribution in [3.8, 4) is 0 Å². The van der Waals surface area contributed by atoms with Crippen molar-refractivity contribution >= 4 is 11.9 Å². The quantitative estimate of drug-likeness (QED) is 0.736. The Bertz CT molecular complexity index is 292. The number of carboxylic acid groups (broad SMARTS) is 1. The number of amides is 1. The van der Waals surface area contributed by atoms with Gasteiger partial charge in [0.05, 0.1) is 0 Å². The second-order valence-electron chi connectivity index (χ2n) is 3.77. The van der Waals surface area contributed by atoms with E-state index in [2.05, 4.69) is 0 Å². The highest BCUT2D eigenvalue weighted by molar-refractivity contribution is 5.89. The van der Waals surface area contributed by atoms with Gasteiger partial charge in [-0.15, -0.1) is 0 Å². The van der Waals surface area contributed by atoms with E-state index in [4.69, 9.17) is 5.11 Å². The Balaban J connectivity index is 2.64. The SMILES string of the molecule is CN(CC(=O)O)C(=O)C1(C)CC1(F)F. The highest BCUT2D eigenvalue weighted by atomic mass is 19.3. The standard InChI is InChI=1S/C8H11F2NO3/c1-7(4-8(7,9)10)6(14)11(2)3-5(12)13/h3-4H2,1-2H3,(H,12,13). The van der Waals surface area contributed by atoms with Gasteiger partial charge in [-0.2, -0.15) is 0 Å². The molecule has 1 saturated carbocycles. The number of rotatable bonds is 3. The first-order valence-electron chi connectivity index (χ1n) is 4.06. The maximum Gasteiger partial charge on any atom is 0.323 e. The van der Waals surface area contributed by atoms with Crippen molar-refractivity contribution < 1.29 is 23.5 Å². The van der Waals surface area contributed by atoms with Crippen molar-refractivity contribution in [3.63, 3.8) is 0 Å². The molecule has 0 aromatic rings. The summed E-state index contributed by atoms with van der Waals surface area (Å²) in [6.45, 7) is 0.595. The minimum absolute atomic E-state index is 0.497. The van der Waals surface area contributed by atoms with E-state index in [1.54, 1.807) is 0 Å². The average Bonchev–Trinajstić information content (AvgIpc) is 2.49. The van der Waals surface area contributed by atoms with Gasteiger partial charge in [-0.25, -0.2) is 8.78 Å². The average molecular weight is 207 g/mol. The van der Waals surface area contributed by atoms with Crippen LogP contribution in [0, 0.1) is 5.41 Å². The highest BCUT2D eigenvalue weighted by Crippen LogP contribution is 2.60. The third kappa shape index (κ3) is 1.56. The van der Waals surface area contributed by atoms with E-state index in [0.717, 1.165) is 11.8 Å². The van der Waals surface area contributed by atoms with Crippen molar-refractivity contribution in [2.75, 3.05) is 13.6 Å². The van der Waals surface area contributed by atoms with E-state index in [1.807, 2.05) is 0 Å². The molecule has 1 amide bonds. The van der Waals surface area contributed by atoms with Crippen molar-refractivity contribution in [2.45, 2.75) is 19.3 Å². The molecule has 0 spiro atoms. The maximum absolute atomic E-state index is 12.7. The van der Waals surface area contributed by atoms with E-state index in [-0.39, 0.29) is 0 Å². The van der Waals surface area contributed by atoms with Gasteiger partial charge >= 0.3 is 5.97 Å². The number of halogens is 2. The Kier molecular flexibility index (Phi) is 2.25. The number of carbonyl (C=O) groups is 2. The lowest BCUT2D eigenvalue weighted by atomic mass is 10.1. The number of hydrogen-bond acceptors (Lipinski definition) is 2. The molecule has 0 aromatic carbocycles. The first-order chi connectivity index (χ1) is 6.21. The predicted octanol–water partition coefficient (Wildman–Crippen LogP) is 0.575. The number of aliphatic carboxylic acids is 1. The number of carboxylic acids is 1. The Morgan fingerprint density at radius 3 is 2.21 bits per heavy atom. The van der Waals surface area contributed by atoms with Gasteiger partial charge < -0.3 is 10.0 Å². The summed E-state index contributed by atoms with van der Waals surface area (Å²) >= 11 is 0. The van der Waals surface area contributed by atoms with Crippen molar-refractivity contribution in [1.82, 2.24) is 4.90 Å². The Hall–Kier alpha value is -1.20. The van der Waals surface area contributed by atoms with Crippen molar-refractivity contribution in [3.05, 3.63) is 0 Å². The largest absolute Gasteiger partial charge is 0.480 e. The topological polar surface area (TPSA) is 57.6 Å². The first-order valence-corrected chi connectivity index (χ1v) is 4.06. The van der Waals surface area contributed by atoms with Crippen LogP contribution in [0.25, 0.3) is 0 Å². The molecule has 0 bridgehead atoms. The van der Waals surface area contributed by atoms with Gasteiger partial charge in [-0.3, -0.25) is 9.59 Å². The summed E-state index contributed by atoms with van der Waals surface area (Å²) in [5.74, 6) is -5.02. The molecule has 0 radical (unpaired) electrons. The summed E-state index contributed by atoms with van der Waals surface area (Å²) in [6, 6.07) is 0. The zero-order valence-corrected chi connectivity index (χ0v) is 7.88. The molecule has 80 valence electrons. The van der Waals surface area contributed by atoms with Gasteiger partial charge in [-0.1, -0.05) is 0 Å². The van der Waals surface area contributed by atoms with Crippen molar-refractivity contribution in [1.29, 1.82) is 0 Å². The van der Waals surface area contributed by atoms with E-state index < -0.39 is 36.2 Å². The molecule has 1 unspecified atom stereocenters. The fourth-order valence-corrected chi connectivity index (χ4v) is 1.33. The van der Waals surface area contributed by atoms with Crippen LogP contribution in [-0.2, 0) is 9.59 Å². The molecule has 0 aromatic heterocycles. The summed E-state index contributed by atoms with van der Waals surface area (Å²) in [6.07, 6.45) is -0.497. The molecule has 0 saturated heterocycles. The summed E-state index contributed by atoms with van der Waals surface area (Å²) < 4.78 is 25.5. The van der Waals surface area contributed by atoms with Crippen LogP contribution in [-0.4, -0.2) is 41.4 Å². The fraction of sp³-hybridized carbons (Fsp3) is 0.750. The maximum atomic E-state index is 12.7. The van der Waals surface area contributed by atoms with Gasteiger partial charge in [0.15, 0.2) is 0 Å². The van der Waals surface area contributed by atoms with Gasteiger partial charge in [0.2, 0.25) is 5.91 Å².